The van der Waals surface area contributed by atoms with Crippen LogP contribution in [0.1, 0.15) is 99.0 Å². The van der Waals surface area contributed by atoms with E-state index in [1.807, 2.05) is 47.6 Å². The summed E-state index contributed by atoms with van der Waals surface area (Å²) in [6.45, 7) is 9.29. The predicted octanol–water partition coefficient (Wildman–Crippen LogP) is 8.03. The zero-order chi connectivity index (χ0) is 33.1. The highest BCUT2D eigenvalue weighted by molar-refractivity contribution is 7.98. The number of carboxylic acid groups (broad SMARTS) is 1. The maximum absolute atomic E-state index is 14.5. The molecule has 3 aromatic rings. The summed E-state index contributed by atoms with van der Waals surface area (Å²) in [5.41, 5.74) is 3.99. The lowest BCUT2D eigenvalue weighted by Crippen LogP contribution is -2.41. The molecule has 2 saturated carbocycles. The Morgan fingerprint density at radius 1 is 1.04 bits per heavy atom. The van der Waals surface area contributed by atoms with Crippen molar-refractivity contribution in [3.05, 3.63) is 71.4 Å². The molecule has 1 aromatic carbocycles. The first-order valence-corrected chi connectivity index (χ1v) is 18.3. The van der Waals surface area contributed by atoms with Crippen LogP contribution >= 0.6 is 11.8 Å². The quantitative estimate of drug-likeness (QED) is 0.185. The number of piperidine rings is 1. The molecule has 1 unspecified atom stereocenters. The number of ether oxygens (including phenoxy) is 1. The van der Waals surface area contributed by atoms with E-state index in [1.165, 1.54) is 18.4 Å². The number of carbonyl (C=O) groups is 2. The van der Waals surface area contributed by atoms with Crippen LogP contribution in [0.5, 0.6) is 5.88 Å². The van der Waals surface area contributed by atoms with Gasteiger partial charge >= 0.3 is 5.97 Å². The molecule has 1 saturated heterocycles. The zero-order valence-corrected chi connectivity index (χ0v) is 29.0. The summed E-state index contributed by atoms with van der Waals surface area (Å²) in [5.74, 6) is 1.92. The van der Waals surface area contributed by atoms with E-state index in [0.29, 0.717) is 42.6 Å². The Labute approximate surface area is 283 Å². The fraction of sp³-hybridized carbons (Fsp3) is 0.526. The lowest BCUT2D eigenvalue weighted by molar-refractivity contribution is -0.137. The molecule has 250 valence electrons. The number of hydrogen-bond acceptors (Lipinski definition) is 7. The fourth-order valence-corrected chi connectivity index (χ4v) is 7.13. The molecule has 2 aliphatic carbocycles. The van der Waals surface area contributed by atoms with E-state index in [-0.39, 0.29) is 23.7 Å². The first-order valence-electron chi connectivity index (χ1n) is 17.1. The van der Waals surface area contributed by atoms with E-state index >= 15 is 0 Å². The van der Waals surface area contributed by atoms with Gasteiger partial charge in [-0.05, 0) is 115 Å². The molecule has 3 heterocycles. The summed E-state index contributed by atoms with van der Waals surface area (Å²) in [5, 5.41) is 10.3. The molecular weight excluding hydrogens is 609 g/mol. The molecule has 1 aliphatic heterocycles. The summed E-state index contributed by atoms with van der Waals surface area (Å²) < 4.78 is 6.20. The van der Waals surface area contributed by atoms with Gasteiger partial charge in [-0.2, -0.15) is 0 Å². The van der Waals surface area contributed by atoms with Crippen LogP contribution in [0.25, 0.3) is 0 Å². The van der Waals surface area contributed by atoms with Crippen molar-refractivity contribution in [2.24, 2.45) is 17.3 Å². The highest BCUT2D eigenvalue weighted by atomic mass is 32.2. The Balaban J connectivity index is 1.16. The molecule has 0 radical (unpaired) electrons. The number of aromatic nitrogens is 2. The van der Waals surface area contributed by atoms with Crippen molar-refractivity contribution >= 4 is 35.1 Å². The van der Waals surface area contributed by atoms with E-state index in [2.05, 4.69) is 42.8 Å². The van der Waals surface area contributed by atoms with Gasteiger partial charge in [-0.3, -0.25) is 14.5 Å². The molecule has 1 N–H and O–H groups in total. The van der Waals surface area contributed by atoms with Gasteiger partial charge in [-0.1, -0.05) is 32.9 Å². The van der Waals surface area contributed by atoms with E-state index in [4.69, 9.17) is 9.72 Å². The second kappa shape index (κ2) is 14.3. The number of amides is 1. The minimum atomic E-state index is -0.760. The summed E-state index contributed by atoms with van der Waals surface area (Å²) in [6.07, 6.45) is 10.4. The van der Waals surface area contributed by atoms with Crippen LogP contribution in [-0.4, -0.2) is 59.4 Å². The molecule has 3 fully saturated rings. The second-order valence-electron chi connectivity index (χ2n) is 14.8. The van der Waals surface area contributed by atoms with Crippen LogP contribution in [0.15, 0.2) is 59.8 Å². The number of carbonyl (C=O) groups excluding carboxylic acids is 1. The van der Waals surface area contributed by atoms with Crippen molar-refractivity contribution in [3.8, 4) is 5.88 Å². The monoisotopic (exact) mass is 656 g/mol. The second-order valence-corrected chi connectivity index (χ2v) is 15.6. The third-order valence-corrected chi connectivity index (χ3v) is 10.2. The van der Waals surface area contributed by atoms with Crippen LogP contribution < -0.4 is 14.5 Å². The van der Waals surface area contributed by atoms with Gasteiger partial charge < -0.3 is 14.7 Å². The number of nitrogens with zero attached hydrogens (tertiary/aromatic N) is 4. The highest BCUT2D eigenvalue weighted by Crippen LogP contribution is 2.45. The summed E-state index contributed by atoms with van der Waals surface area (Å²) in [6, 6.07) is 16.2. The van der Waals surface area contributed by atoms with E-state index in [1.54, 1.807) is 18.0 Å². The van der Waals surface area contributed by atoms with Gasteiger partial charge in [0.2, 0.25) is 5.88 Å². The number of thioether (sulfide) groups is 1. The summed E-state index contributed by atoms with van der Waals surface area (Å²) in [4.78, 5) is 39.5. The lowest BCUT2D eigenvalue weighted by Gasteiger charge is -2.36. The lowest BCUT2D eigenvalue weighted by atomic mass is 9.92. The summed E-state index contributed by atoms with van der Waals surface area (Å²) in [7, 11) is 0. The first-order chi connectivity index (χ1) is 22.6. The maximum atomic E-state index is 14.5. The predicted molar refractivity (Wildman–Crippen MR) is 188 cm³/mol. The minimum absolute atomic E-state index is 0.00756. The number of benzene rings is 1. The van der Waals surface area contributed by atoms with Crippen molar-refractivity contribution in [1.82, 2.24) is 9.97 Å². The molecule has 6 rings (SSSR count). The van der Waals surface area contributed by atoms with Gasteiger partial charge in [0.15, 0.2) is 0 Å². The van der Waals surface area contributed by atoms with Gasteiger partial charge in [0.1, 0.15) is 5.82 Å². The third kappa shape index (κ3) is 8.66. The molecule has 47 heavy (non-hydrogen) atoms. The average Bonchev–Trinajstić information content (AvgIpc) is 3.99. The normalized spacial score (nSPS) is 17.7. The zero-order valence-electron chi connectivity index (χ0n) is 28.2. The number of aliphatic carboxylic acids is 1. The Morgan fingerprint density at radius 2 is 1.81 bits per heavy atom. The smallest absolute Gasteiger partial charge is 0.303 e. The molecular formula is C38H48N4O4S. The van der Waals surface area contributed by atoms with E-state index in [0.717, 1.165) is 60.6 Å². The van der Waals surface area contributed by atoms with E-state index in [9.17, 15) is 14.7 Å². The topological polar surface area (TPSA) is 95.9 Å². The van der Waals surface area contributed by atoms with Crippen molar-refractivity contribution in [2.45, 2.75) is 82.6 Å². The van der Waals surface area contributed by atoms with Crippen LogP contribution in [0, 0.1) is 17.3 Å². The number of anilines is 2. The van der Waals surface area contributed by atoms with Crippen LogP contribution in [0.4, 0.5) is 11.5 Å². The summed E-state index contributed by atoms with van der Waals surface area (Å²) >= 11 is 1.58. The van der Waals surface area contributed by atoms with Gasteiger partial charge in [0, 0.05) is 37.6 Å². The standard InChI is InChI=1S/C38H48N4O4S/c1-38(2,3)24-42(33-6-5-7-35(40-33)47-4)37(45)30-13-12-28(26-8-9-26)20-32(30)41-18-15-25(16-19-41)23-46-34-21-29(14-17-39-34)31(22-36(43)44)27-10-11-27/h5-7,12-14,17,20-21,25-27,31H,8-11,15-16,18-19,22-24H2,1-4H3,(H,43,44). The Morgan fingerprint density at radius 3 is 2.47 bits per heavy atom. The van der Waals surface area contributed by atoms with Crippen molar-refractivity contribution in [1.29, 1.82) is 0 Å². The number of pyridine rings is 2. The van der Waals surface area contributed by atoms with E-state index < -0.39 is 5.97 Å². The Kier molecular flexibility index (Phi) is 10.1. The van der Waals surface area contributed by atoms with Gasteiger partial charge in [0.25, 0.3) is 5.91 Å². The molecule has 2 aromatic heterocycles. The first kappa shape index (κ1) is 33.3. The van der Waals surface area contributed by atoms with Crippen molar-refractivity contribution < 1.29 is 19.4 Å². The molecule has 8 nitrogen and oxygen atoms in total. The average molecular weight is 657 g/mol. The fourth-order valence-electron chi connectivity index (χ4n) is 6.73. The molecule has 0 spiro atoms. The van der Waals surface area contributed by atoms with Crippen molar-refractivity contribution in [2.75, 3.05) is 42.3 Å². The number of rotatable bonds is 13. The van der Waals surface area contributed by atoms with Crippen molar-refractivity contribution in [3.63, 3.8) is 0 Å². The molecule has 3 aliphatic rings. The van der Waals surface area contributed by atoms with Gasteiger partial charge in [-0.15, -0.1) is 11.8 Å². The Hall–Kier alpha value is -3.59. The van der Waals surface area contributed by atoms with Crippen LogP contribution in [0.3, 0.4) is 0 Å². The third-order valence-electron chi connectivity index (χ3n) is 9.57. The van der Waals surface area contributed by atoms with Crippen LogP contribution in [-0.2, 0) is 4.79 Å². The highest BCUT2D eigenvalue weighted by Gasteiger charge is 2.34. The SMILES string of the molecule is CSc1cccc(N(CC(C)(C)C)C(=O)c2ccc(C3CC3)cc2N2CCC(COc3cc(C(CC(=O)O)C4CC4)ccn3)CC2)n1. The molecule has 1 atom stereocenters. The largest absolute Gasteiger partial charge is 0.481 e. The maximum Gasteiger partial charge on any atom is 0.303 e. The number of carboxylic acids is 1. The molecule has 1 amide bonds. The van der Waals surface area contributed by atoms with Gasteiger partial charge in [-0.25, -0.2) is 9.97 Å². The van der Waals surface area contributed by atoms with Crippen LogP contribution in [0.2, 0.25) is 0 Å². The number of hydrogen-bond donors (Lipinski definition) is 1. The van der Waals surface area contributed by atoms with Gasteiger partial charge in [0.05, 0.1) is 23.6 Å². The molecule has 9 heteroatoms. The Bertz CT molecular complexity index is 1570. The molecule has 0 bridgehead atoms. The minimum Gasteiger partial charge on any atom is -0.481 e.